The first-order valence-corrected chi connectivity index (χ1v) is 9.64. The van der Waals surface area contributed by atoms with Crippen LogP contribution >= 0.6 is 23.2 Å². The second kappa shape index (κ2) is 15.0. The summed E-state index contributed by atoms with van der Waals surface area (Å²) in [6.45, 7) is 4.59. The lowest BCUT2D eigenvalue weighted by Crippen LogP contribution is -2.16. The average Bonchev–Trinajstić information content (AvgIpc) is 2.71. The largest absolute Gasteiger partial charge is 0.463 e. The molecule has 0 aromatic carbocycles. The SMILES string of the molecule is CCCOc1nc(Cl)nc(C(CO)OCCO)n1.CCCOc1ncnc(Cl)n1. The molecule has 0 spiro atoms. The molecule has 2 rings (SSSR count). The third-order valence-electron chi connectivity index (χ3n) is 2.86. The molecule has 0 saturated carbocycles. The molecule has 11 nitrogen and oxygen atoms in total. The van der Waals surface area contributed by atoms with Crippen molar-refractivity contribution >= 4 is 23.2 Å². The number of nitrogens with zero attached hydrogens (tertiary/aromatic N) is 6. The van der Waals surface area contributed by atoms with Crippen molar-refractivity contribution in [3.05, 3.63) is 22.7 Å². The van der Waals surface area contributed by atoms with Crippen molar-refractivity contribution in [2.75, 3.05) is 33.0 Å². The van der Waals surface area contributed by atoms with Crippen LogP contribution in [-0.4, -0.2) is 73.2 Å². The van der Waals surface area contributed by atoms with Crippen molar-refractivity contribution in [2.24, 2.45) is 0 Å². The second-order valence-electron chi connectivity index (χ2n) is 5.24. The molecule has 0 aliphatic carbocycles. The smallest absolute Gasteiger partial charge is 0.321 e. The molecule has 0 aliphatic heterocycles. The lowest BCUT2D eigenvalue weighted by molar-refractivity contribution is -0.00991. The molecule has 2 N–H and O–H groups in total. The fourth-order valence-electron chi connectivity index (χ4n) is 1.68. The molecule has 0 radical (unpaired) electrons. The number of aromatic nitrogens is 6. The van der Waals surface area contributed by atoms with Crippen LogP contribution in [0.15, 0.2) is 6.33 Å². The highest BCUT2D eigenvalue weighted by atomic mass is 35.5. The third-order valence-corrected chi connectivity index (χ3v) is 3.21. The van der Waals surface area contributed by atoms with Crippen LogP contribution in [0.1, 0.15) is 38.6 Å². The van der Waals surface area contributed by atoms with Crippen LogP contribution in [0.25, 0.3) is 0 Å². The maximum Gasteiger partial charge on any atom is 0.321 e. The van der Waals surface area contributed by atoms with Gasteiger partial charge in [0.1, 0.15) is 12.4 Å². The van der Waals surface area contributed by atoms with E-state index in [1.54, 1.807) is 0 Å². The van der Waals surface area contributed by atoms with Gasteiger partial charge in [-0.15, -0.1) is 0 Å². The first-order chi connectivity index (χ1) is 14.0. The first-order valence-electron chi connectivity index (χ1n) is 8.88. The summed E-state index contributed by atoms with van der Waals surface area (Å²) in [6.07, 6.45) is 2.29. The number of hydrogen-bond acceptors (Lipinski definition) is 11. The normalized spacial score (nSPS) is 11.4. The number of ether oxygens (including phenoxy) is 3. The lowest BCUT2D eigenvalue weighted by atomic mass is 10.3. The maximum atomic E-state index is 9.17. The van der Waals surface area contributed by atoms with Crippen LogP contribution in [0.2, 0.25) is 10.6 Å². The van der Waals surface area contributed by atoms with E-state index < -0.39 is 6.10 Å². The zero-order chi connectivity index (χ0) is 21.5. The zero-order valence-electron chi connectivity index (χ0n) is 16.2. The van der Waals surface area contributed by atoms with Crippen molar-refractivity contribution in [2.45, 2.75) is 32.8 Å². The van der Waals surface area contributed by atoms with Gasteiger partial charge in [-0.25, -0.2) is 4.98 Å². The molecular formula is C16H24Cl2N6O5. The van der Waals surface area contributed by atoms with Crippen LogP contribution in [0.3, 0.4) is 0 Å². The molecule has 1 unspecified atom stereocenters. The molecule has 0 bridgehead atoms. The van der Waals surface area contributed by atoms with Crippen molar-refractivity contribution in [3.63, 3.8) is 0 Å². The van der Waals surface area contributed by atoms with E-state index in [4.69, 9.17) is 42.5 Å². The van der Waals surface area contributed by atoms with Crippen molar-refractivity contribution in [3.8, 4) is 12.0 Å². The second-order valence-corrected chi connectivity index (χ2v) is 5.92. The fourth-order valence-corrected chi connectivity index (χ4v) is 1.95. The van der Waals surface area contributed by atoms with E-state index in [0.29, 0.717) is 13.2 Å². The van der Waals surface area contributed by atoms with Crippen LogP contribution in [0.4, 0.5) is 0 Å². The number of rotatable bonds is 11. The minimum atomic E-state index is -0.762. The predicted molar refractivity (Wildman–Crippen MR) is 104 cm³/mol. The van der Waals surface area contributed by atoms with E-state index in [-0.39, 0.29) is 48.2 Å². The van der Waals surface area contributed by atoms with E-state index in [1.165, 1.54) is 6.33 Å². The molecule has 2 aromatic heterocycles. The van der Waals surface area contributed by atoms with Gasteiger partial charge in [0, 0.05) is 0 Å². The minimum absolute atomic E-state index is 0.0304. The van der Waals surface area contributed by atoms with E-state index >= 15 is 0 Å². The summed E-state index contributed by atoms with van der Waals surface area (Å²) in [7, 11) is 0. The number of halogens is 2. The van der Waals surface area contributed by atoms with E-state index in [0.717, 1.165) is 12.8 Å². The van der Waals surface area contributed by atoms with Gasteiger partial charge in [0.15, 0.2) is 5.82 Å². The van der Waals surface area contributed by atoms with Gasteiger partial charge in [0.2, 0.25) is 10.6 Å². The topological polar surface area (TPSA) is 145 Å². The number of aliphatic hydroxyl groups is 2. The molecule has 0 fully saturated rings. The van der Waals surface area contributed by atoms with Gasteiger partial charge in [-0.2, -0.15) is 24.9 Å². The molecule has 0 saturated heterocycles. The Balaban J connectivity index is 0.000000326. The van der Waals surface area contributed by atoms with E-state index in [2.05, 4.69) is 29.9 Å². The van der Waals surface area contributed by atoms with Crippen LogP contribution in [0.5, 0.6) is 12.0 Å². The predicted octanol–water partition coefficient (Wildman–Crippen LogP) is 1.67. The molecule has 0 aliphatic rings. The van der Waals surface area contributed by atoms with Crippen molar-refractivity contribution in [1.29, 1.82) is 0 Å². The molecule has 2 aromatic rings. The first kappa shape index (κ1) is 25.1. The van der Waals surface area contributed by atoms with Gasteiger partial charge >= 0.3 is 12.0 Å². The number of hydrogen-bond donors (Lipinski definition) is 2. The Hall–Kier alpha value is -1.92. The third kappa shape index (κ3) is 10.4. The van der Waals surface area contributed by atoms with Gasteiger partial charge in [-0.3, -0.25) is 0 Å². The molecule has 29 heavy (non-hydrogen) atoms. The molecule has 2 heterocycles. The van der Waals surface area contributed by atoms with E-state index in [9.17, 15) is 5.11 Å². The van der Waals surface area contributed by atoms with Crippen LogP contribution in [0, 0.1) is 0 Å². The summed E-state index contributed by atoms with van der Waals surface area (Å²) in [4.78, 5) is 22.8. The van der Waals surface area contributed by atoms with Gasteiger partial charge in [0.05, 0.1) is 33.0 Å². The van der Waals surface area contributed by atoms with Gasteiger partial charge in [-0.1, -0.05) is 13.8 Å². The van der Waals surface area contributed by atoms with Gasteiger partial charge in [-0.05, 0) is 36.0 Å². The summed E-state index contributed by atoms with van der Waals surface area (Å²) in [5, 5.41) is 18.0. The van der Waals surface area contributed by atoms with Crippen LogP contribution < -0.4 is 9.47 Å². The Morgan fingerprint density at radius 3 is 2.10 bits per heavy atom. The fraction of sp³-hybridized carbons (Fsp3) is 0.625. The molecule has 13 heteroatoms. The standard InChI is InChI=1S/C10H16ClN3O4.C6H8ClN3O/c1-2-4-18-10-13-8(12-9(11)14-10)7(6-16)17-5-3-15;1-2-3-11-6-9-4-8-5(7)10-6/h7,15-16H,2-6H2,1H3;4H,2-3H2,1H3. The summed E-state index contributed by atoms with van der Waals surface area (Å²) in [5.74, 6) is 0.178. The monoisotopic (exact) mass is 450 g/mol. The van der Waals surface area contributed by atoms with Crippen molar-refractivity contribution in [1.82, 2.24) is 29.9 Å². The zero-order valence-corrected chi connectivity index (χ0v) is 17.7. The molecule has 162 valence electrons. The van der Waals surface area contributed by atoms with E-state index in [1.807, 2.05) is 13.8 Å². The van der Waals surface area contributed by atoms with Gasteiger partial charge in [0.25, 0.3) is 0 Å². The lowest BCUT2D eigenvalue weighted by Gasteiger charge is -2.14. The van der Waals surface area contributed by atoms with Crippen LogP contribution in [-0.2, 0) is 4.74 Å². The average molecular weight is 451 g/mol. The Morgan fingerprint density at radius 1 is 0.862 bits per heavy atom. The summed E-state index contributed by atoms with van der Waals surface area (Å²) < 4.78 is 15.5. The Morgan fingerprint density at radius 2 is 1.52 bits per heavy atom. The molecule has 1 atom stereocenters. The quantitative estimate of drug-likeness (QED) is 0.514. The van der Waals surface area contributed by atoms with Crippen molar-refractivity contribution < 1.29 is 24.4 Å². The summed E-state index contributed by atoms with van der Waals surface area (Å²) in [5.41, 5.74) is 0. The highest BCUT2D eigenvalue weighted by Crippen LogP contribution is 2.17. The highest BCUT2D eigenvalue weighted by molar-refractivity contribution is 6.28. The summed E-state index contributed by atoms with van der Waals surface area (Å²) >= 11 is 11.2. The molecule has 0 amide bonds. The Labute approximate surface area is 178 Å². The highest BCUT2D eigenvalue weighted by Gasteiger charge is 2.17. The molecular weight excluding hydrogens is 427 g/mol. The Kier molecular flexibility index (Phi) is 13.0. The van der Waals surface area contributed by atoms with Gasteiger partial charge < -0.3 is 24.4 Å². The Bertz CT molecular complexity index is 715. The summed E-state index contributed by atoms with van der Waals surface area (Å²) in [6, 6.07) is 0.379. The minimum Gasteiger partial charge on any atom is -0.463 e. The number of aliphatic hydroxyl groups excluding tert-OH is 2. The maximum absolute atomic E-state index is 9.17.